The average molecular weight is 358 g/mol. The number of carbonyl (C=O) groups is 2. The molecule has 2 N–H and O–H groups in total. The van der Waals surface area contributed by atoms with E-state index in [-0.39, 0.29) is 24.6 Å². The number of fused-ring (bicyclic) bond motifs is 1. The zero-order chi connectivity index (χ0) is 18.9. The number of nitrogens with one attached hydrogen (secondary N) is 1. The zero-order valence-corrected chi connectivity index (χ0v) is 14.5. The molecule has 0 unspecified atom stereocenters. The van der Waals surface area contributed by atoms with Crippen molar-refractivity contribution in [2.45, 2.75) is 25.9 Å². The van der Waals surface area contributed by atoms with Crippen LogP contribution in [0.5, 0.6) is 5.75 Å². The molecular formula is C19H19FN2O4. The Morgan fingerprint density at radius 3 is 2.46 bits per heavy atom. The molecule has 1 aliphatic rings. The fourth-order valence-corrected chi connectivity index (χ4v) is 2.84. The lowest BCUT2D eigenvalue weighted by Crippen LogP contribution is -2.49. The van der Waals surface area contributed by atoms with Gasteiger partial charge in [0.05, 0.1) is 12.1 Å². The van der Waals surface area contributed by atoms with E-state index >= 15 is 0 Å². The summed E-state index contributed by atoms with van der Waals surface area (Å²) in [4.78, 5) is 26.2. The highest BCUT2D eigenvalue weighted by atomic mass is 19.1. The van der Waals surface area contributed by atoms with Gasteiger partial charge in [0.15, 0.2) is 0 Å². The molecule has 0 atom stereocenters. The summed E-state index contributed by atoms with van der Waals surface area (Å²) < 4.78 is 19.0. The molecule has 0 aromatic heterocycles. The molecule has 136 valence electrons. The maximum atomic E-state index is 13.1. The van der Waals surface area contributed by atoms with Gasteiger partial charge < -0.3 is 9.64 Å². The van der Waals surface area contributed by atoms with Crippen LogP contribution < -0.4 is 10.2 Å². The standard InChI is InChI=1S/C19H19FN2O4/c1-19(2)11-26-16-9-13(17(23)21-25)3-4-14(16)10-22(19)18(24)12-5-7-15(20)8-6-12/h3-9,25H,10-11H2,1-2H3,(H,21,23). The highest BCUT2D eigenvalue weighted by molar-refractivity contribution is 5.95. The first-order valence-corrected chi connectivity index (χ1v) is 8.09. The van der Waals surface area contributed by atoms with E-state index in [0.29, 0.717) is 11.3 Å². The molecule has 0 aliphatic carbocycles. The summed E-state index contributed by atoms with van der Waals surface area (Å²) in [6.07, 6.45) is 0. The quantitative estimate of drug-likeness (QED) is 0.639. The van der Waals surface area contributed by atoms with Crippen molar-refractivity contribution in [3.63, 3.8) is 0 Å². The molecule has 7 heteroatoms. The van der Waals surface area contributed by atoms with E-state index < -0.39 is 17.3 Å². The molecule has 1 aliphatic heterocycles. The first-order valence-electron chi connectivity index (χ1n) is 8.09. The van der Waals surface area contributed by atoms with Crippen LogP contribution in [0.2, 0.25) is 0 Å². The molecule has 0 saturated carbocycles. The number of rotatable bonds is 2. The lowest BCUT2D eigenvalue weighted by Gasteiger charge is -2.36. The van der Waals surface area contributed by atoms with Gasteiger partial charge in [-0.2, -0.15) is 0 Å². The van der Waals surface area contributed by atoms with Crippen LogP contribution in [0.15, 0.2) is 42.5 Å². The second kappa shape index (κ2) is 6.76. The number of ether oxygens (including phenoxy) is 1. The molecule has 0 spiro atoms. The van der Waals surface area contributed by atoms with Gasteiger partial charge >= 0.3 is 0 Å². The van der Waals surface area contributed by atoms with Gasteiger partial charge in [-0.25, -0.2) is 9.87 Å². The number of nitrogens with zero attached hydrogens (tertiary/aromatic N) is 1. The van der Waals surface area contributed by atoms with Crippen LogP contribution in [0.25, 0.3) is 0 Å². The molecule has 2 aromatic rings. The highest BCUT2D eigenvalue weighted by Crippen LogP contribution is 2.31. The van der Waals surface area contributed by atoms with Crippen molar-refractivity contribution in [2.24, 2.45) is 0 Å². The van der Waals surface area contributed by atoms with Crippen molar-refractivity contribution in [3.8, 4) is 5.75 Å². The SMILES string of the molecule is CC1(C)COc2cc(C(=O)NO)ccc2CN1C(=O)c1ccc(F)cc1. The van der Waals surface area contributed by atoms with Crippen LogP contribution in [0.3, 0.4) is 0 Å². The Morgan fingerprint density at radius 2 is 1.81 bits per heavy atom. The molecule has 3 rings (SSSR count). The minimum Gasteiger partial charge on any atom is -0.491 e. The fourth-order valence-electron chi connectivity index (χ4n) is 2.84. The number of carbonyl (C=O) groups excluding carboxylic acids is 2. The van der Waals surface area contributed by atoms with Crippen LogP contribution in [0.4, 0.5) is 4.39 Å². The van der Waals surface area contributed by atoms with Crippen molar-refractivity contribution in [2.75, 3.05) is 6.61 Å². The van der Waals surface area contributed by atoms with E-state index in [4.69, 9.17) is 9.94 Å². The fraction of sp³-hybridized carbons (Fsp3) is 0.263. The van der Waals surface area contributed by atoms with Gasteiger partial charge in [-0.3, -0.25) is 14.8 Å². The number of benzene rings is 2. The predicted octanol–water partition coefficient (Wildman–Crippen LogP) is 2.76. The first-order chi connectivity index (χ1) is 12.3. The highest BCUT2D eigenvalue weighted by Gasteiger charge is 2.35. The van der Waals surface area contributed by atoms with E-state index in [1.54, 1.807) is 22.5 Å². The summed E-state index contributed by atoms with van der Waals surface area (Å²) in [6.45, 7) is 4.25. The van der Waals surface area contributed by atoms with Crippen molar-refractivity contribution in [3.05, 3.63) is 65.0 Å². The Hall–Kier alpha value is -2.93. The van der Waals surface area contributed by atoms with Crippen molar-refractivity contribution in [1.29, 1.82) is 0 Å². The molecule has 2 aromatic carbocycles. The third kappa shape index (κ3) is 3.39. The maximum Gasteiger partial charge on any atom is 0.274 e. The summed E-state index contributed by atoms with van der Waals surface area (Å²) >= 11 is 0. The van der Waals surface area contributed by atoms with Gasteiger partial charge in [0, 0.05) is 16.7 Å². The van der Waals surface area contributed by atoms with Gasteiger partial charge in [-0.15, -0.1) is 0 Å². The van der Waals surface area contributed by atoms with E-state index in [0.717, 1.165) is 5.56 Å². The Labute approximate surface area is 150 Å². The monoisotopic (exact) mass is 358 g/mol. The van der Waals surface area contributed by atoms with Crippen molar-refractivity contribution in [1.82, 2.24) is 10.4 Å². The topological polar surface area (TPSA) is 78.9 Å². The largest absolute Gasteiger partial charge is 0.491 e. The number of hydroxylamine groups is 1. The zero-order valence-electron chi connectivity index (χ0n) is 14.5. The van der Waals surface area contributed by atoms with Crippen LogP contribution >= 0.6 is 0 Å². The smallest absolute Gasteiger partial charge is 0.274 e. The van der Waals surface area contributed by atoms with Crippen LogP contribution in [-0.2, 0) is 6.54 Å². The molecule has 6 nitrogen and oxygen atoms in total. The third-order valence-corrected chi connectivity index (χ3v) is 4.41. The maximum absolute atomic E-state index is 13.1. The predicted molar refractivity (Wildman–Crippen MR) is 91.5 cm³/mol. The van der Waals surface area contributed by atoms with Gasteiger partial charge in [0.25, 0.3) is 11.8 Å². The normalized spacial score (nSPS) is 15.5. The minimum absolute atomic E-state index is 0.219. The van der Waals surface area contributed by atoms with E-state index in [9.17, 15) is 14.0 Å². The van der Waals surface area contributed by atoms with Crippen LogP contribution in [-0.4, -0.2) is 34.1 Å². The van der Waals surface area contributed by atoms with Gasteiger partial charge in [-0.05, 0) is 50.2 Å². The third-order valence-electron chi connectivity index (χ3n) is 4.41. The van der Waals surface area contributed by atoms with Crippen molar-refractivity contribution < 1.29 is 23.9 Å². The molecule has 2 amide bonds. The Morgan fingerprint density at radius 1 is 1.15 bits per heavy atom. The molecule has 0 saturated heterocycles. The summed E-state index contributed by atoms with van der Waals surface area (Å²) in [5.74, 6) is -0.795. The van der Waals surface area contributed by atoms with E-state index in [2.05, 4.69) is 0 Å². The number of halogens is 1. The summed E-state index contributed by atoms with van der Waals surface area (Å²) in [5, 5.41) is 8.77. The molecule has 26 heavy (non-hydrogen) atoms. The Kier molecular flexibility index (Phi) is 4.65. The van der Waals surface area contributed by atoms with Crippen molar-refractivity contribution >= 4 is 11.8 Å². The Bertz CT molecular complexity index is 849. The molecule has 0 bridgehead atoms. The molecule has 0 fully saturated rings. The summed E-state index contributed by atoms with van der Waals surface area (Å²) in [7, 11) is 0. The lowest BCUT2D eigenvalue weighted by molar-refractivity contribution is 0.0437. The number of hydrogen-bond acceptors (Lipinski definition) is 4. The Balaban J connectivity index is 1.95. The van der Waals surface area contributed by atoms with E-state index in [1.807, 2.05) is 13.8 Å². The van der Waals surface area contributed by atoms with Gasteiger partial charge in [0.1, 0.15) is 18.2 Å². The lowest BCUT2D eigenvalue weighted by atomic mass is 10.0. The second-order valence-electron chi connectivity index (χ2n) is 6.76. The van der Waals surface area contributed by atoms with E-state index in [1.165, 1.54) is 30.3 Å². The first kappa shape index (κ1) is 17.9. The molecular weight excluding hydrogens is 339 g/mol. The molecule has 1 heterocycles. The van der Waals surface area contributed by atoms with Crippen LogP contribution in [0.1, 0.15) is 40.1 Å². The number of hydrogen-bond donors (Lipinski definition) is 2. The molecule has 0 radical (unpaired) electrons. The second-order valence-corrected chi connectivity index (χ2v) is 6.76. The number of amides is 2. The van der Waals surface area contributed by atoms with Gasteiger partial charge in [-0.1, -0.05) is 6.07 Å². The van der Waals surface area contributed by atoms with Gasteiger partial charge in [0.2, 0.25) is 0 Å². The van der Waals surface area contributed by atoms with Crippen LogP contribution in [0, 0.1) is 5.82 Å². The average Bonchev–Trinajstić information content (AvgIpc) is 2.77. The summed E-state index contributed by atoms with van der Waals surface area (Å²) in [6, 6.07) is 10.2. The summed E-state index contributed by atoms with van der Waals surface area (Å²) in [5.41, 5.74) is 2.34. The minimum atomic E-state index is -0.640.